The van der Waals surface area contributed by atoms with E-state index < -0.39 is 0 Å². The lowest BCUT2D eigenvalue weighted by Crippen LogP contribution is -2.40. The van der Waals surface area contributed by atoms with Crippen LogP contribution < -0.4 is 20.1 Å². The maximum atomic E-state index is 12.8. The number of rotatable bonds is 4. The number of nitrogens with one attached hydrogen (secondary N) is 2. The highest BCUT2D eigenvalue weighted by Gasteiger charge is 2.33. The van der Waals surface area contributed by atoms with Crippen molar-refractivity contribution in [2.45, 2.75) is 43.0 Å². The summed E-state index contributed by atoms with van der Waals surface area (Å²) in [6.45, 7) is 0.703. The number of carbonyl (C=O) groups is 2. The Morgan fingerprint density at radius 3 is 2.86 bits per heavy atom. The molecule has 2 aromatic heterocycles. The number of carbonyl (C=O) groups excluding carboxylic acids is 2. The minimum Gasteiger partial charge on any atom is -0.497 e. The first-order valence-electron chi connectivity index (χ1n) is 12.4. The molecule has 9 heteroatoms. The molecule has 1 atom stereocenters. The summed E-state index contributed by atoms with van der Waals surface area (Å²) in [6.07, 6.45) is 6.76. The van der Waals surface area contributed by atoms with Crippen LogP contribution in [0.4, 0.5) is 5.82 Å². The van der Waals surface area contributed by atoms with E-state index in [1.807, 2.05) is 24.4 Å². The molecule has 3 aliphatic rings. The Bertz CT molecular complexity index is 1330. The Labute approximate surface area is 213 Å². The maximum Gasteiger partial charge on any atom is 0.270 e. The lowest BCUT2D eigenvalue weighted by Gasteiger charge is -2.36. The number of hydrogen-bond acceptors (Lipinski definition) is 7. The molecule has 0 spiro atoms. The fourth-order valence-corrected chi connectivity index (χ4v) is 6.33. The number of fused-ring (bicyclic) bond motifs is 4. The van der Waals surface area contributed by atoms with E-state index in [0.717, 1.165) is 59.4 Å². The van der Waals surface area contributed by atoms with E-state index in [9.17, 15) is 9.59 Å². The number of nitrogens with zero attached hydrogens (tertiary/aromatic N) is 2. The second kappa shape index (κ2) is 9.61. The van der Waals surface area contributed by atoms with Crippen LogP contribution >= 0.6 is 11.8 Å². The molecule has 1 fully saturated rings. The molecule has 1 saturated carbocycles. The molecule has 0 saturated heterocycles. The van der Waals surface area contributed by atoms with Gasteiger partial charge in [0.1, 0.15) is 23.0 Å². The first-order chi connectivity index (χ1) is 17.6. The van der Waals surface area contributed by atoms with E-state index in [2.05, 4.69) is 26.7 Å². The fourth-order valence-electron chi connectivity index (χ4n) is 5.58. The van der Waals surface area contributed by atoms with Gasteiger partial charge in [-0.15, -0.1) is 11.8 Å². The van der Waals surface area contributed by atoms with Gasteiger partial charge in [-0.25, -0.2) is 4.98 Å². The van der Waals surface area contributed by atoms with Crippen LogP contribution in [0.3, 0.4) is 0 Å². The van der Waals surface area contributed by atoms with Gasteiger partial charge in [0.25, 0.3) is 5.91 Å². The first-order valence-corrected chi connectivity index (χ1v) is 13.4. The zero-order valence-corrected chi connectivity index (χ0v) is 20.9. The van der Waals surface area contributed by atoms with Crippen molar-refractivity contribution in [3.05, 3.63) is 47.8 Å². The number of amides is 2. The topological polar surface area (TPSA) is 102 Å². The minimum atomic E-state index is -0.186. The normalized spacial score (nSPS) is 23.1. The maximum absolute atomic E-state index is 12.8. The number of aromatic nitrogens is 2. The standard InChI is InChI=1S/C27H28N4O4S/c1-34-18-6-7-21-19(11-18)20-10-16(13-35-23(20)12-28-21)15-2-4-17(5-3-15)29-27(33)22-8-9-24-26(30-22)31-25(32)14-36-24/h6-9,11-12,15-17H,2-5,10,13-14H2,1H3,(H,29,33)(H,30,31,32). The van der Waals surface area contributed by atoms with E-state index in [4.69, 9.17) is 9.47 Å². The Hall–Kier alpha value is -3.33. The smallest absolute Gasteiger partial charge is 0.270 e. The minimum absolute atomic E-state index is 0.0893. The van der Waals surface area contributed by atoms with Gasteiger partial charge in [-0.05, 0) is 68.4 Å². The second-order valence-electron chi connectivity index (χ2n) is 9.72. The number of thioether (sulfide) groups is 1. The third-order valence-corrected chi connectivity index (χ3v) is 8.59. The van der Waals surface area contributed by atoms with Crippen LogP contribution in [0.5, 0.6) is 11.5 Å². The number of hydrogen-bond donors (Lipinski definition) is 2. The molecule has 186 valence electrons. The summed E-state index contributed by atoms with van der Waals surface area (Å²) in [4.78, 5) is 34.3. The summed E-state index contributed by atoms with van der Waals surface area (Å²) in [5.74, 6) is 3.27. The van der Waals surface area contributed by atoms with Gasteiger partial charge in [0.05, 0.1) is 36.1 Å². The van der Waals surface area contributed by atoms with Gasteiger partial charge >= 0.3 is 0 Å². The van der Waals surface area contributed by atoms with Gasteiger partial charge in [0.15, 0.2) is 0 Å². The predicted molar refractivity (Wildman–Crippen MR) is 138 cm³/mol. The number of benzene rings is 1. The molecule has 2 N–H and O–H groups in total. The number of ether oxygens (including phenoxy) is 2. The Morgan fingerprint density at radius 2 is 2.03 bits per heavy atom. The van der Waals surface area contributed by atoms with Crippen molar-refractivity contribution in [1.29, 1.82) is 0 Å². The Balaban J connectivity index is 1.09. The lowest BCUT2D eigenvalue weighted by molar-refractivity contribution is -0.113. The van der Waals surface area contributed by atoms with Crippen LogP contribution in [-0.4, -0.2) is 47.3 Å². The number of pyridine rings is 2. The van der Waals surface area contributed by atoms with Crippen molar-refractivity contribution < 1.29 is 19.1 Å². The zero-order chi connectivity index (χ0) is 24.6. The quantitative estimate of drug-likeness (QED) is 0.548. The van der Waals surface area contributed by atoms with Crippen molar-refractivity contribution in [1.82, 2.24) is 15.3 Å². The average molecular weight is 505 g/mol. The molecule has 6 rings (SSSR count). The third kappa shape index (κ3) is 4.48. The van der Waals surface area contributed by atoms with E-state index in [1.54, 1.807) is 13.2 Å². The zero-order valence-electron chi connectivity index (χ0n) is 20.1. The van der Waals surface area contributed by atoms with Crippen LogP contribution in [-0.2, 0) is 11.2 Å². The van der Waals surface area contributed by atoms with Gasteiger partial charge in [-0.1, -0.05) is 0 Å². The van der Waals surface area contributed by atoms with E-state index in [-0.39, 0.29) is 17.9 Å². The third-order valence-electron chi connectivity index (χ3n) is 7.55. The van der Waals surface area contributed by atoms with E-state index in [1.165, 1.54) is 17.3 Å². The highest BCUT2D eigenvalue weighted by Crippen LogP contribution is 2.40. The van der Waals surface area contributed by atoms with E-state index >= 15 is 0 Å². The van der Waals surface area contributed by atoms with Gasteiger partial charge in [0.2, 0.25) is 5.91 Å². The fraction of sp³-hybridized carbons (Fsp3) is 0.407. The Morgan fingerprint density at radius 1 is 1.17 bits per heavy atom. The molecule has 0 bridgehead atoms. The second-order valence-corrected chi connectivity index (χ2v) is 10.7. The van der Waals surface area contributed by atoms with Gasteiger partial charge in [-0.2, -0.15) is 0 Å². The highest BCUT2D eigenvalue weighted by atomic mass is 32.2. The summed E-state index contributed by atoms with van der Waals surface area (Å²) in [5.41, 5.74) is 2.51. The largest absolute Gasteiger partial charge is 0.497 e. The summed E-state index contributed by atoms with van der Waals surface area (Å²) in [6, 6.07) is 9.70. The molecular weight excluding hydrogens is 476 g/mol. The van der Waals surface area contributed by atoms with Gasteiger partial charge < -0.3 is 20.1 Å². The summed E-state index contributed by atoms with van der Waals surface area (Å²) >= 11 is 1.44. The predicted octanol–water partition coefficient (Wildman–Crippen LogP) is 4.22. The molecule has 36 heavy (non-hydrogen) atoms. The molecule has 2 aliphatic heterocycles. The van der Waals surface area contributed by atoms with Crippen LogP contribution in [0, 0.1) is 11.8 Å². The van der Waals surface area contributed by atoms with Crippen LogP contribution in [0.15, 0.2) is 41.4 Å². The molecule has 3 aromatic rings. The van der Waals surface area contributed by atoms with Gasteiger partial charge in [-0.3, -0.25) is 14.6 Å². The molecule has 2 amide bonds. The molecule has 1 unspecified atom stereocenters. The summed E-state index contributed by atoms with van der Waals surface area (Å²) in [5, 5.41) is 7.01. The lowest BCUT2D eigenvalue weighted by atomic mass is 9.75. The first kappa shape index (κ1) is 23.1. The van der Waals surface area contributed by atoms with Crippen LogP contribution in [0.25, 0.3) is 10.9 Å². The van der Waals surface area contributed by atoms with Crippen molar-refractivity contribution in [3.63, 3.8) is 0 Å². The molecule has 1 aromatic carbocycles. The number of anilines is 1. The van der Waals surface area contributed by atoms with Gasteiger partial charge in [0, 0.05) is 22.9 Å². The number of methoxy groups -OCH3 is 1. The summed E-state index contributed by atoms with van der Waals surface area (Å²) in [7, 11) is 1.68. The van der Waals surface area contributed by atoms with Crippen molar-refractivity contribution in [3.8, 4) is 11.5 Å². The molecule has 0 radical (unpaired) electrons. The van der Waals surface area contributed by atoms with E-state index in [0.29, 0.717) is 35.7 Å². The molecule has 8 nitrogen and oxygen atoms in total. The highest BCUT2D eigenvalue weighted by molar-refractivity contribution is 8.00. The van der Waals surface area contributed by atoms with Crippen LogP contribution in [0.1, 0.15) is 41.7 Å². The van der Waals surface area contributed by atoms with Crippen molar-refractivity contribution in [2.24, 2.45) is 11.8 Å². The molecule has 1 aliphatic carbocycles. The van der Waals surface area contributed by atoms with Crippen molar-refractivity contribution >= 4 is 40.3 Å². The monoisotopic (exact) mass is 504 g/mol. The molecule has 4 heterocycles. The summed E-state index contributed by atoms with van der Waals surface area (Å²) < 4.78 is 11.6. The average Bonchev–Trinajstić information content (AvgIpc) is 2.92. The van der Waals surface area contributed by atoms with Crippen LogP contribution in [0.2, 0.25) is 0 Å². The Kier molecular flexibility index (Phi) is 6.17. The SMILES string of the molecule is COc1ccc2ncc3c(c2c1)CC(C1CCC(NC(=O)c2ccc4c(n2)NC(=O)CS4)CC1)CO3. The molecular formula is C27H28N4O4S. The van der Waals surface area contributed by atoms with Crippen molar-refractivity contribution in [2.75, 3.05) is 24.8 Å².